The number of nitrogens with zero attached hydrogens (tertiary/aromatic N) is 2. The molecule has 0 saturated heterocycles. The maximum Gasteiger partial charge on any atom is 0.408 e. The van der Waals surface area contributed by atoms with Gasteiger partial charge < -0.3 is 15.4 Å². The molecule has 0 unspecified atom stereocenters. The molecule has 1 aromatic heterocycles. The van der Waals surface area contributed by atoms with E-state index in [0.29, 0.717) is 0 Å². The van der Waals surface area contributed by atoms with Gasteiger partial charge in [0.15, 0.2) is 11.6 Å². The molecule has 2 amide bonds. The van der Waals surface area contributed by atoms with Crippen LogP contribution in [0, 0.1) is 5.82 Å². The average molecular weight is 286 g/mol. The van der Waals surface area contributed by atoms with E-state index in [9.17, 15) is 14.0 Å². The Balaban J connectivity index is 2.58. The molecule has 0 aliphatic heterocycles. The maximum absolute atomic E-state index is 13.3. The SMILES string of the molecule is C[C@H](NC(=O)OC(C)(C)C)C(=O)Nc1c(F)cnn1C. The van der Waals surface area contributed by atoms with Crippen LogP contribution in [-0.2, 0) is 16.6 Å². The quantitative estimate of drug-likeness (QED) is 0.879. The summed E-state index contributed by atoms with van der Waals surface area (Å²) in [5, 5.41) is 8.36. The molecule has 0 fully saturated rings. The van der Waals surface area contributed by atoms with E-state index in [1.165, 1.54) is 18.7 Å². The van der Waals surface area contributed by atoms with Crippen molar-refractivity contribution in [2.75, 3.05) is 5.32 Å². The Labute approximate surface area is 116 Å². The number of halogens is 1. The highest BCUT2D eigenvalue weighted by Crippen LogP contribution is 2.11. The first kappa shape index (κ1) is 15.9. The monoisotopic (exact) mass is 286 g/mol. The Morgan fingerprint density at radius 3 is 2.50 bits per heavy atom. The zero-order valence-electron chi connectivity index (χ0n) is 12.2. The molecule has 0 aromatic carbocycles. The van der Waals surface area contributed by atoms with E-state index in [1.807, 2.05) is 0 Å². The number of hydrogen-bond acceptors (Lipinski definition) is 4. The van der Waals surface area contributed by atoms with Crippen molar-refractivity contribution in [3.63, 3.8) is 0 Å². The van der Waals surface area contributed by atoms with Crippen molar-refractivity contribution in [1.82, 2.24) is 15.1 Å². The first-order valence-electron chi connectivity index (χ1n) is 6.08. The van der Waals surface area contributed by atoms with E-state index >= 15 is 0 Å². The van der Waals surface area contributed by atoms with Gasteiger partial charge in [-0.15, -0.1) is 0 Å². The Hall–Kier alpha value is -2.12. The summed E-state index contributed by atoms with van der Waals surface area (Å²) in [4.78, 5) is 23.3. The third-order valence-corrected chi connectivity index (χ3v) is 2.26. The molecular weight excluding hydrogens is 267 g/mol. The minimum atomic E-state index is -0.876. The van der Waals surface area contributed by atoms with Crippen molar-refractivity contribution in [3.05, 3.63) is 12.0 Å². The molecule has 20 heavy (non-hydrogen) atoms. The minimum Gasteiger partial charge on any atom is -0.444 e. The molecule has 1 atom stereocenters. The van der Waals surface area contributed by atoms with Crippen molar-refractivity contribution < 1.29 is 18.7 Å². The largest absolute Gasteiger partial charge is 0.444 e. The van der Waals surface area contributed by atoms with Gasteiger partial charge in [0, 0.05) is 7.05 Å². The number of hydrogen-bond donors (Lipinski definition) is 2. The molecule has 7 nitrogen and oxygen atoms in total. The van der Waals surface area contributed by atoms with Crippen LogP contribution in [0.1, 0.15) is 27.7 Å². The number of amides is 2. The van der Waals surface area contributed by atoms with Gasteiger partial charge in [0.1, 0.15) is 11.6 Å². The molecule has 2 N–H and O–H groups in total. The number of nitrogens with one attached hydrogen (secondary N) is 2. The summed E-state index contributed by atoms with van der Waals surface area (Å²) >= 11 is 0. The topological polar surface area (TPSA) is 85.2 Å². The van der Waals surface area contributed by atoms with Crippen molar-refractivity contribution in [1.29, 1.82) is 0 Å². The summed E-state index contributed by atoms with van der Waals surface area (Å²) < 4.78 is 19.5. The summed E-state index contributed by atoms with van der Waals surface area (Å²) in [6.45, 7) is 6.60. The normalized spacial score (nSPS) is 12.7. The van der Waals surface area contributed by atoms with Gasteiger partial charge in [0.25, 0.3) is 0 Å². The van der Waals surface area contributed by atoms with Crippen LogP contribution in [0.5, 0.6) is 0 Å². The summed E-state index contributed by atoms with van der Waals surface area (Å²) in [5.74, 6) is -1.28. The lowest BCUT2D eigenvalue weighted by atomic mass is 10.2. The summed E-state index contributed by atoms with van der Waals surface area (Å²) in [6.07, 6.45) is 0.271. The molecule has 112 valence electrons. The lowest BCUT2D eigenvalue weighted by Gasteiger charge is -2.21. The van der Waals surface area contributed by atoms with Crippen molar-refractivity contribution in [2.24, 2.45) is 7.05 Å². The average Bonchev–Trinajstić information content (AvgIpc) is 2.57. The molecule has 1 aromatic rings. The predicted molar refractivity (Wildman–Crippen MR) is 70.6 cm³/mol. The molecule has 0 aliphatic rings. The molecule has 0 aliphatic carbocycles. The van der Waals surface area contributed by atoms with Crippen LogP contribution < -0.4 is 10.6 Å². The Bertz CT molecular complexity index is 488. The molecule has 1 rings (SSSR count). The van der Waals surface area contributed by atoms with Crippen molar-refractivity contribution >= 4 is 17.8 Å². The molecule has 0 saturated carbocycles. The first-order chi connectivity index (χ1) is 9.10. The fourth-order valence-electron chi connectivity index (χ4n) is 1.33. The predicted octanol–water partition coefficient (Wildman–Crippen LogP) is 1.41. The second kappa shape index (κ2) is 5.89. The molecule has 8 heteroatoms. The van der Waals surface area contributed by atoms with E-state index in [0.717, 1.165) is 6.20 Å². The Morgan fingerprint density at radius 2 is 2.05 bits per heavy atom. The highest BCUT2D eigenvalue weighted by Gasteiger charge is 2.22. The number of carbonyl (C=O) groups is 2. The third-order valence-electron chi connectivity index (χ3n) is 2.26. The van der Waals surface area contributed by atoms with Crippen molar-refractivity contribution in [2.45, 2.75) is 39.3 Å². The number of ether oxygens (including phenoxy) is 1. The van der Waals surface area contributed by atoms with E-state index < -0.39 is 29.5 Å². The number of aromatic nitrogens is 2. The zero-order chi connectivity index (χ0) is 15.5. The standard InChI is InChI=1S/C12H19FN4O3/c1-7(15-11(19)20-12(2,3)4)10(18)16-9-8(13)6-14-17(9)5/h6-7H,1-5H3,(H,15,19)(H,16,18)/t7-/m0/s1. The lowest BCUT2D eigenvalue weighted by Crippen LogP contribution is -2.44. The van der Waals surface area contributed by atoms with E-state index in [1.54, 1.807) is 20.8 Å². The van der Waals surface area contributed by atoms with Gasteiger partial charge >= 0.3 is 6.09 Å². The molecule has 1 heterocycles. The smallest absolute Gasteiger partial charge is 0.408 e. The summed E-state index contributed by atoms with van der Waals surface area (Å²) in [5.41, 5.74) is -0.658. The zero-order valence-corrected chi connectivity index (χ0v) is 12.2. The summed E-state index contributed by atoms with van der Waals surface area (Å²) in [6, 6.07) is -0.876. The fraction of sp³-hybridized carbons (Fsp3) is 0.583. The number of alkyl carbamates (subject to hydrolysis) is 1. The lowest BCUT2D eigenvalue weighted by molar-refractivity contribution is -0.117. The van der Waals surface area contributed by atoms with Crippen LogP contribution in [0.2, 0.25) is 0 Å². The Morgan fingerprint density at radius 1 is 1.45 bits per heavy atom. The number of anilines is 1. The maximum atomic E-state index is 13.3. The number of rotatable bonds is 3. The number of aryl methyl sites for hydroxylation is 1. The minimum absolute atomic E-state index is 0.0622. The van der Waals surface area contributed by atoms with Gasteiger partial charge in [-0.2, -0.15) is 5.10 Å². The van der Waals surface area contributed by atoms with Crippen LogP contribution >= 0.6 is 0 Å². The van der Waals surface area contributed by atoms with Gasteiger partial charge in [-0.25, -0.2) is 13.9 Å². The molecule has 0 spiro atoms. The molecule has 0 radical (unpaired) electrons. The van der Waals surface area contributed by atoms with Crippen LogP contribution in [0.3, 0.4) is 0 Å². The molecule has 0 bridgehead atoms. The van der Waals surface area contributed by atoms with Crippen LogP contribution in [0.25, 0.3) is 0 Å². The van der Waals surface area contributed by atoms with Gasteiger partial charge in [-0.3, -0.25) is 4.79 Å². The first-order valence-corrected chi connectivity index (χ1v) is 6.08. The third kappa shape index (κ3) is 4.52. The highest BCUT2D eigenvalue weighted by molar-refractivity contribution is 5.95. The van der Waals surface area contributed by atoms with Gasteiger partial charge in [-0.05, 0) is 27.7 Å². The van der Waals surface area contributed by atoms with Crippen LogP contribution in [0.15, 0.2) is 6.20 Å². The second-order valence-corrected chi connectivity index (χ2v) is 5.32. The van der Waals surface area contributed by atoms with Gasteiger partial charge in [0.2, 0.25) is 5.91 Å². The Kier molecular flexibility index (Phi) is 4.69. The van der Waals surface area contributed by atoms with E-state index in [-0.39, 0.29) is 5.82 Å². The van der Waals surface area contributed by atoms with Crippen molar-refractivity contribution in [3.8, 4) is 0 Å². The summed E-state index contributed by atoms with van der Waals surface area (Å²) in [7, 11) is 1.49. The molecular formula is C12H19FN4O3. The van der Waals surface area contributed by atoms with Crippen LogP contribution in [0.4, 0.5) is 15.0 Å². The second-order valence-electron chi connectivity index (χ2n) is 5.32. The van der Waals surface area contributed by atoms with Gasteiger partial charge in [0.05, 0.1) is 6.20 Å². The van der Waals surface area contributed by atoms with E-state index in [2.05, 4.69) is 15.7 Å². The number of carbonyl (C=O) groups excluding carboxylic acids is 2. The van der Waals surface area contributed by atoms with Crippen LogP contribution in [-0.4, -0.2) is 33.4 Å². The van der Waals surface area contributed by atoms with E-state index in [4.69, 9.17) is 4.74 Å². The fourth-order valence-corrected chi connectivity index (χ4v) is 1.33. The highest BCUT2D eigenvalue weighted by atomic mass is 19.1. The van der Waals surface area contributed by atoms with Gasteiger partial charge in [-0.1, -0.05) is 0 Å².